The zero-order valence-corrected chi connectivity index (χ0v) is 8.23. The predicted molar refractivity (Wildman–Crippen MR) is 28.4 cm³/mol. The van der Waals surface area contributed by atoms with E-state index in [-0.39, 0.29) is 59.9 Å². The van der Waals surface area contributed by atoms with Crippen molar-refractivity contribution in [2.75, 3.05) is 0 Å². The van der Waals surface area contributed by atoms with Gasteiger partial charge in [0.05, 0.1) is 0 Å². The molecule has 0 aromatic rings. The van der Waals surface area contributed by atoms with Crippen LogP contribution in [0.15, 0.2) is 0 Å². The largest absolute Gasteiger partial charge is 0 e. The zero-order valence-electron chi connectivity index (χ0n) is 2.09. The smallest absolute Gasteiger partial charge is 0 e. The molecule has 0 saturated heterocycles. The van der Waals surface area contributed by atoms with Gasteiger partial charge in [0.25, 0.3) is 0 Å². The third kappa shape index (κ3) is 20.4. The Morgan fingerprint density at radius 2 is 1.20 bits per heavy atom. The van der Waals surface area contributed by atoms with Crippen molar-refractivity contribution in [2.45, 2.75) is 0 Å². The van der Waals surface area contributed by atoms with Gasteiger partial charge in [-0.25, -0.2) is 0 Å². The van der Waals surface area contributed by atoms with Crippen molar-refractivity contribution in [3.8, 4) is 0 Å². The summed E-state index contributed by atoms with van der Waals surface area (Å²) < 4.78 is 0. The first-order chi connectivity index (χ1) is 1.00. The van der Waals surface area contributed by atoms with E-state index in [2.05, 4.69) is 15.4 Å². The second kappa shape index (κ2) is 30.2. The molecule has 0 atom stereocenters. The molecule has 26 valence electrons. The summed E-state index contributed by atoms with van der Waals surface area (Å²) in [6, 6.07) is 0. The Balaban J connectivity index is -0.00000000167. The van der Waals surface area contributed by atoms with E-state index in [1.165, 1.54) is 0 Å². The normalized spacial score (nSPS) is 1.80. The van der Waals surface area contributed by atoms with E-state index in [9.17, 15) is 0 Å². The molecular weight excluding hydrogens is 200 g/mol. The Morgan fingerprint density at radius 1 is 1.20 bits per heavy atom. The standard InChI is InChI=1S/Al.Mg.Mn.H3Si.Zn.5H/h;;;1H3;;;;;;. The van der Waals surface area contributed by atoms with E-state index in [0.717, 1.165) is 8.85 Å². The maximum atomic E-state index is 3.08. The predicted octanol–water partition coefficient (Wildman–Crippen LogP) is -3.29. The van der Waals surface area contributed by atoms with Gasteiger partial charge in [-0.3, -0.25) is 0 Å². The van der Waals surface area contributed by atoms with Gasteiger partial charge in [0.2, 0.25) is 0 Å². The van der Waals surface area contributed by atoms with Crippen LogP contribution < -0.4 is 0 Å². The summed E-state index contributed by atoms with van der Waals surface area (Å²) in [6.45, 7) is 0. The van der Waals surface area contributed by atoms with Crippen molar-refractivity contribution in [3.63, 3.8) is 0 Å². The quantitative estimate of drug-likeness (QED) is 0.366. The van der Waals surface area contributed by atoms with Gasteiger partial charge in [-0.2, -0.15) is 0 Å². The Hall–Kier alpha value is 2.66. The summed E-state index contributed by atoms with van der Waals surface area (Å²) in [4.78, 5) is 0. The van der Waals surface area contributed by atoms with E-state index >= 15 is 0 Å². The minimum atomic E-state index is 0. The van der Waals surface area contributed by atoms with Gasteiger partial charge in [-0.15, -0.1) is 0 Å². The molecule has 0 amide bonds. The molecule has 0 N–H and O–H groups in total. The molecule has 0 unspecified atom stereocenters. The van der Waals surface area contributed by atoms with Crippen LogP contribution in [0.1, 0.15) is 0 Å². The molecular formula is H8AlMgMnSiZn. The number of hydrogen-bond acceptors (Lipinski definition) is 0. The molecule has 5 heteroatoms. The zero-order chi connectivity index (χ0) is 2.00. The van der Waals surface area contributed by atoms with Crippen molar-refractivity contribution < 1.29 is 34.9 Å². The monoisotopic (exact) mass is 206 g/mol. The average Bonchev–Trinajstić information content (AvgIpc) is 1.00. The molecule has 0 fully saturated rings. The molecule has 0 nitrogen and oxygen atoms in total. The van der Waals surface area contributed by atoms with Crippen LogP contribution in [0.2, 0.25) is 0 Å². The molecule has 0 heterocycles. The van der Waals surface area contributed by atoms with Crippen LogP contribution in [-0.4, -0.2) is 49.3 Å². The summed E-state index contributed by atoms with van der Waals surface area (Å²) in [5.41, 5.74) is 0. The van der Waals surface area contributed by atoms with Gasteiger partial charge in [0, 0.05) is 19.5 Å². The molecule has 0 aliphatic carbocycles. The van der Waals surface area contributed by atoms with E-state index in [1.807, 2.05) is 0 Å². The van der Waals surface area contributed by atoms with Crippen LogP contribution in [0, 0.1) is 0 Å². The van der Waals surface area contributed by atoms with Gasteiger partial charge in [0.15, 0.2) is 17.4 Å². The van der Waals surface area contributed by atoms with Crippen LogP contribution in [-0.2, 0) is 34.9 Å². The van der Waals surface area contributed by atoms with Crippen molar-refractivity contribution in [1.82, 2.24) is 0 Å². The second-order valence-electron chi connectivity index (χ2n) is 0. The van der Waals surface area contributed by atoms with Crippen LogP contribution in [0.25, 0.3) is 0 Å². The van der Waals surface area contributed by atoms with Crippen molar-refractivity contribution in [3.05, 3.63) is 0 Å². The summed E-state index contributed by atoms with van der Waals surface area (Å²) in [7, 11) is 1.12. The van der Waals surface area contributed by atoms with Gasteiger partial charge in [-0.1, -0.05) is 0 Å². The SMILES string of the molecule is [AlH3].[MgH2].[SiH3][Mn].[Zn]. The topological polar surface area (TPSA) is 0 Å². The molecule has 0 aliphatic rings. The van der Waals surface area contributed by atoms with E-state index in [1.54, 1.807) is 0 Å². The molecule has 0 rings (SSSR count). The molecule has 0 aromatic carbocycles. The Labute approximate surface area is 83.0 Å². The van der Waals surface area contributed by atoms with Crippen molar-refractivity contribution in [1.29, 1.82) is 0 Å². The minimum Gasteiger partial charge on any atom is 0 e. The van der Waals surface area contributed by atoms with E-state index in [4.69, 9.17) is 0 Å². The summed E-state index contributed by atoms with van der Waals surface area (Å²) in [5, 5.41) is 0. The second-order valence-corrected chi connectivity index (χ2v) is 0. The number of rotatable bonds is 0. The third-order valence-electron chi connectivity index (χ3n) is 0. The van der Waals surface area contributed by atoms with Crippen LogP contribution in [0.3, 0.4) is 0 Å². The van der Waals surface area contributed by atoms with Crippen molar-refractivity contribution >= 4 is 49.3 Å². The van der Waals surface area contributed by atoms with Crippen molar-refractivity contribution in [2.24, 2.45) is 0 Å². The van der Waals surface area contributed by atoms with Gasteiger partial charge in [0.1, 0.15) is 0 Å². The van der Waals surface area contributed by atoms with Crippen LogP contribution in [0.5, 0.6) is 0 Å². The fourth-order valence-corrected chi connectivity index (χ4v) is 0. The summed E-state index contributed by atoms with van der Waals surface area (Å²) >= 11 is 3.08. The van der Waals surface area contributed by atoms with Gasteiger partial charge < -0.3 is 0 Å². The molecule has 0 bridgehead atoms. The number of hydrogen-bond donors (Lipinski definition) is 0. The van der Waals surface area contributed by atoms with Crippen LogP contribution in [0.4, 0.5) is 0 Å². The average molecular weight is 208 g/mol. The van der Waals surface area contributed by atoms with E-state index in [0.29, 0.717) is 0 Å². The Kier molecular flexibility index (Phi) is 153. The summed E-state index contributed by atoms with van der Waals surface area (Å²) in [5.74, 6) is 0. The first-order valence-electron chi connectivity index (χ1n) is 0.378. The molecule has 0 saturated carbocycles. The molecule has 0 radical (unpaired) electrons. The molecule has 0 spiro atoms. The van der Waals surface area contributed by atoms with Crippen LogP contribution >= 0.6 is 0 Å². The van der Waals surface area contributed by atoms with Gasteiger partial charge in [-0.05, 0) is 0 Å². The Morgan fingerprint density at radius 3 is 1.20 bits per heavy atom. The first-order valence-corrected chi connectivity index (χ1v) is 4.68. The Bertz CT molecular complexity index is 11.6. The third-order valence-corrected chi connectivity index (χ3v) is 0. The fraction of sp³-hybridized carbons (Fsp3) is 0. The molecule has 5 heavy (non-hydrogen) atoms. The van der Waals surface area contributed by atoms with E-state index < -0.39 is 0 Å². The maximum Gasteiger partial charge on any atom is 0 e. The maximum absolute atomic E-state index is 3.08. The molecule has 0 aromatic heterocycles. The summed E-state index contributed by atoms with van der Waals surface area (Å²) in [6.07, 6.45) is 0. The first kappa shape index (κ1) is 25.4. The molecule has 0 aliphatic heterocycles. The fourth-order valence-electron chi connectivity index (χ4n) is 0. The minimum absolute atomic E-state index is 0. The van der Waals surface area contributed by atoms with Gasteiger partial charge >= 0.3 is 47.3 Å².